The van der Waals surface area contributed by atoms with E-state index in [-0.39, 0.29) is 6.04 Å². The van der Waals surface area contributed by atoms with Crippen LogP contribution < -0.4 is 4.90 Å². The summed E-state index contributed by atoms with van der Waals surface area (Å²) in [5, 5.41) is 7.84. The van der Waals surface area contributed by atoms with Gasteiger partial charge >= 0.3 is 0 Å². The van der Waals surface area contributed by atoms with Crippen LogP contribution in [0.25, 0.3) is 22.3 Å². The number of nitrogens with zero attached hydrogens (tertiary/aromatic N) is 5. The van der Waals surface area contributed by atoms with Crippen LogP contribution in [-0.4, -0.2) is 61.2 Å². The summed E-state index contributed by atoms with van der Waals surface area (Å²) in [6, 6.07) is 5.86. The Balaban J connectivity index is 2.01. The fourth-order valence-corrected chi connectivity index (χ4v) is 4.12. The van der Waals surface area contributed by atoms with Gasteiger partial charge in [-0.2, -0.15) is 9.46 Å². The zero-order valence-electron chi connectivity index (χ0n) is 18.0. The van der Waals surface area contributed by atoms with Crippen molar-refractivity contribution in [3.8, 4) is 11.4 Å². The third-order valence-corrected chi connectivity index (χ3v) is 8.34. The molecule has 1 fully saturated rings. The van der Waals surface area contributed by atoms with Crippen LogP contribution in [0.2, 0.25) is 0 Å². The number of H-pyrrole nitrogens is 1. The first-order chi connectivity index (χ1) is 14.2. The zero-order chi connectivity index (χ0) is 21.5. The molecule has 160 valence electrons. The molecule has 1 saturated heterocycles. The second kappa shape index (κ2) is 7.63. The topological polar surface area (TPSA) is 96.4 Å². The lowest BCUT2D eigenvalue weighted by Gasteiger charge is -2.34. The van der Waals surface area contributed by atoms with Crippen molar-refractivity contribution in [2.45, 2.75) is 38.5 Å². The number of aromatic nitrogens is 4. The van der Waals surface area contributed by atoms with Crippen LogP contribution in [0.5, 0.6) is 0 Å². The quantitative estimate of drug-likeness (QED) is 0.682. The van der Waals surface area contributed by atoms with Crippen LogP contribution in [0.3, 0.4) is 0 Å². The lowest BCUT2D eigenvalue weighted by Crippen LogP contribution is -2.44. The van der Waals surface area contributed by atoms with Crippen molar-refractivity contribution in [2.24, 2.45) is 4.36 Å². The highest BCUT2D eigenvalue weighted by molar-refractivity contribution is 7.94. The Bertz CT molecular complexity index is 1180. The van der Waals surface area contributed by atoms with E-state index < -0.39 is 14.5 Å². The molecule has 0 radical (unpaired) electrons. The van der Waals surface area contributed by atoms with Gasteiger partial charge in [0.15, 0.2) is 0 Å². The van der Waals surface area contributed by atoms with Gasteiger partial charge in [0.25, 0.3) is 0 Å². The summed E-state index contributed by atoms with van der Waals surface area (Å²) >= 11 is 0. The standard InChI is InChI=1S/C21H28N6O2S/c1-14-13-29-11-10-27(14)18-12-17(26-30(5,28)21(2,3)4)15-6-8-22-20(19(15)24-18)16-7-9-23-25-16/h6-9,12,14H,10-11,13H2,1-5H3,(H,23,25)/t14-,30?/m1/s1. The van der Waals surface area contributed by atoms with E-state index >= 15 is 0 Å². The minimum atomic E-state index is -2.51. The maximum absolute atomic E-state index is 13.4. The van der Waals surface area contributed by atoms with Gasteiger partial charge in [-0.05, 0) is 39.8 Å². The predicted octanol–water partition coefficient (Wildman–Crippen LogP) is 3.77. The van der Waals surface area contributed by atoms with Crippen LogP contribution in [0.1, 0.15) is 27.7 Å². The van der Waals surface area contributed by atoms with Gasteiger partial charge in [-0.1, -0.05) is 0 Å². The van der Waals surface area contributed by atoms with E-state index in [2.05, 4.69) is 27.0 Å². The van der Waals surface area contributed by atoms with Gasteiger partial charge in [-0.25, -0.2) is 9.19 Å². The molecule has 30 heavy (non-hydrogen) atoms. The number of rotatable bonds is 3. The van der Waals surface area contributed by atoms with Crippen LogP contribution in [0, 0.1) is 0 Å². The lowest BCUT2D eigenvalue weighted by atomic mass is 10.1. The Morgan fingerprint density at radius 1 is 1.30 bits per heavy atom. The second-order valence-electron chi connectivity index (χ2n) is 8.65. The number of aromatic amines is 1. The van der Waals surface area contributed by atoms with Gasteiger partial charge in [0, 0.05) is 41.4 Å². The molecule has 3 aromatic heterocycles. The Hall–Kier alpha value is -2.52. The number of hydrogen-bond donors (Lipinski definition) is 1. The Morgan fingerprint density at radius 2 is 2.10 bits per heavy atom. The van der Waals surface area contributed by atoms with E-state index in [4.69, 9.17) is 14.1 Å². The molecule has 8 nitrogen and oxygen atoms in total. The molecular formula is C21H28N6O2S. The van der Waals surface area contributed by atoms with E-state index in [1.807, 2.05) is 39.0 Å². The van der Waals surface area contributed by atoms with Crippen molar-refractivity contribution in [2.75, 3.05) is 30.9 Å². The summed E-state index contributed by atoms with van der Waals surface area (Å²) in [7, 11) is -2.51. The maximum Gasteiger partial charge on any atom is 0.131 e. The van der Waals surface area contributed by atoms with E-state index in [1.165, 1.54) is 0 Å². The van der Waals surface area contributed by atoms with E-state index in [0.717, 1.165) is 23.4 Å². The largest absolute Gasteiger partial charge is 0.377 e. The Labute approximate surface area is 177 Å². The summed E-state index contributed by atoms with van der Waals surface area (Å²) in [4.78, 5) is 11.7. The number of hydrogen-bond acceptors (Lipinski definition) is 7. The average Bonchev–Trinajstić information content (AvgIpc) is 3.21. The Morgan fingerprint density at radius 3 is 2.77 bits per heavy atom. The SMILES string of the molecule is C[C@@H]1COCCN1c1cc(N=S(C)(=O)C(C)(C)C)c2ccnc(-c3ccn[nH]3)c2n1. The monoisotopic (exact) mass is 428 g/mol. The molecule has 0 spiro atoms. The number of ether oxygens (including phenoxy) is 1. The molecule has 0 bridgehead atoms. The number of nitrogens with one attached hydrogen (secondary N) is 1. The molecule has 0 aliphatic carbocycles. The Kier molecular flexibility index (Phi) is 5.27. The fourth-order valence-electron chi connectivity index (χ4n) is 3.32. The van der Waals surface area contributed by atoms with Gasteiger partial charge in [0.2, 0.25) is 0 Å². The molecule has 0 saturated carbocycles. The second-order valence-corrected chi connectivity index (χ2v) is 11.7. The van der Waals surface area contributed by atoms with Crippen molar-refractivity contribution >= 4 is 32.1 Å². The van der Waals surface area contributed by atoms with E-state index in [1.54, 1.807) is 18.6 Å². The van der Waals surface area contributed by atoms with Crippen LogP contribution >= 0.6 is 0 Å². The predicted molar refractivity (Wildman–Crippen MR) is 121 cm³/mol. The fraction of sp³-hybridized carbons (Fsp3) is 0.476. The summed E-state index contributed by atoms with van der Waals surface area (Å²) in [6.45, 7) is 9.97. The third-order valence-electron chi connectivity index (χ3n) is 5.52. The van der Waals surface area contributed by atoms with Crippen molar-refractivity contribution in [1.29, 1.82) is 0 Å². The molecular weight excluding hydrogens is 400 g/mol. The summed E-state index contributed by atoms with van der Waals surface area (Å²) in [6.07, 6.45) is 5.13. The molecule has 0 aromatic carbocycles. The first kappa shape index (κ1) is 20.7. The van der Waals surface area contributed by atoms with Crippen molar-refractivity contribution in [3.05, 3.63) is 30.6 Å². The van der Waals surface area contributed by atoms with E-state index in [0.29, 0.717) is 30.1 Å². The molecule has 1 N–H and O–H groups in total. The molecule has 1 aliphatic heterocycles. The smallest absolute Gasteiger partial charge is 0.131 e. The number of pyridine rings is 2. The highest BCUT2D eigenvalue weighted by Gasteiger charge is 2.25. The summed E-state index contributed by atoms with van der Waals surface area (Å²) < 4.78 is 23.3. The highest BCUT2D eigenvalue weighted by atomic mass is 32.2. The third kappa shape index (κ3) is 3.79. The van der Waals surface area contributed by atoms with Crippen LogP contribution in [0.4, 0.5) is 11.5 Å². The molecule has 0 amide bonds. The average molecular weight is 429 g/mol. The molecule has 4 heterocycles. The normalized spacial score (nSPS) is 19.6. The van der Waals surface area contributed by atoms with Gasteiger partial charge < -0.3 is 9.64 Å². The number of morpholine rings is 1. The molecule has 2 atom stereocenters. The highest BCUT2D eigenvalue weighted by Crippen LogP contribution is 2.36. The molecule has 1 aliphatic rings. The molecule has 9 heteroatoms. The molecule has 3 aromatic rings. The number of anilines is 1. The maximum atomic E-state index is 13.4. The zero-order valence-corrected chi connectivity index (χ0v) is 18.9. The van der Waals surface area contributed by atoms with Gasteiger partial charge in [0.1, 0.15) is 17.0 Å². The minimum absolute atomic E-state index is 0.178. The minimum Gasteiger partial charge on any atom is -0.377 e. The summed E-state index contributed by atoms with van der Waals surface area (Å²) in [5.41, 5.74) is 2.85. The van der Waals surface area contributed by atoms with Crippen molar-refractivity contribution < 1.29 is 8.95 Å². The van der Waals surface area contributed by atoms with Crippen molar-refractivity contribution in [3.63, 3.8) is 0 Å². The molecule has 1 unspecified atom stereocenters. The van der Waals surface area contributed by atoms with Gasteiger partial charge in [0.05, 0.1) is 40.4 Å². The lowest BCUT2D eigenvalue weighted by molar-refractivity contribution is 0.0986. The van der Waals surface area contributed by atoms with Gasteiger partial charge in [-0.3, -0.25) is 10.1 Å². The van der Waals surface area contributed by atoms with Crippen LogP contribution in [-0.2, 0) is 14.5 Å². The first-order valence-electron chi connectivity index (χ1n) is 10.0. The van der Waals surface area contributed by atoms with Crippen LogP contribution in [0.15, 0.2) is 35.0 Å². The van der Waals surface area contributed by atoms with Crippen molar-refractivity contribution in [1.82, 2.24) is 20.2 Å². The number of fused-ring (bicyclic) bond motifs is 1. The molecule has 4 rings (SSSR count). The van der Waals surface area contributed by atoms with Gasteiger partial charge in [-0.15, -0.1) is 0 Å². The van der Waals surface area contributed by atoms with E-state index in [9.17, 15) is 4.21 Å². The first-order valence-corrected chi connectivity index (χ1v) is 12.0. The summed E-state index contributed by atoms with van der Waals surface area (Å²) in [5.74, 6) is 0.787.